The van der Waals surface area contributed by atoms with E-state index < -0.39 is 0 Å². The first-order chi connectivity index (χ1) is 12.2. The summed E-state index contributed by atoms with van der Waals surface area (Å²) in [5.41, 5.74) is 3.58. The summed E-state index contributed by atoms with van der Waals surface area (Å²) in [7, 11) is 1.68. The molecule has 0 unspecified atom stereocenters. The van der Waals surface area contributed by atoms with Gasteiger partial charge in [-0.05, 0) is 43.0 Å². The quantitative estimate of drug-likeness (QED) is 0.792. The van der Waals surface area contributed by atoms with E-state index in [1.165, 1.54) is 17.5 Å². The smallest absolute Gasteiger partial charge is 0.161 e. The molecule has 2 aromatic rings. The van der Waals surface area contributed by atoms with Crippen LogP contribution >= 0.6 is 0 Å². The fourth-order valence-corrected chi connectivity index (χ4v) is 2.97. The van der Waals surface area contributed by atoms with Crippen LogP contribution in [0.1, 0.15) is 29.5 Å². The molecule has 0 radical (unpaired) electrons. The molecule has 0 saturated carbocycles. The van der Waals surface area contributed by atoms with Crippen LogP contribution in [0, 0.1) is 6.92 Å². The normalized spacial score (nSPS) is 16.8. The Morgan fingerprint density at radius 3 is 2.60 bits per heavy atom. The molecule has 1 aliphatic heterocycles. The molecule has 0 aromatic heterocycles. The van der Waals surface area contributed by atoms with Crippen LogP contribution in [-0.2, 0) is 17.9 Å². The molecule has 25 heavy (non-hydrogen) atoms. The van der Waals surface area contributed by atoms with Crippen molar-refractivity contribution in [2.24, 2.45) is 0 Å². The van der Waals surface area contributed by atoms with Crippen LogP contribution in [0.15, 0.2) is 42.5 Å². The SMILES string of the molecule is COc1cc(CNC[C@H]2CCCO2)ccc1OCc1ccc(C)cc1. The van der Waals surface area contributed by atoms with Gasteiger partial charge in [0, 0.05) is 19.7 Å². The molecule has 0 aliphatic carbocycles. The molecule has 1 fully saturated rings. The lowest BCUT2D eigenvalue weighted by atomic mass is 10.1. The van der Waals surface area contributed by atoms with Crippen molar-refractivity contribution in [3.05, 3.63) is 59.2 Å². The molecule has 1 atom stereocenters. The average molecular weight is 341 g/mol. The maximum atomic E-state index is 5.93. The molecule has 1 N–H and O–H groups in total. The minimum atomic E-state index is 0.360. The summed E-state index contributed by atoms with van der Waals surface area (Å²) >= 11 is 0. The monoisotopic (exact) mass is 341 g/mol. The number of hydrogen-bond donors (Lipinski definition) is 1. The molecule has 134 valence electrons. The standard InChI is InChI=1S/C21H27NO3/c1-16-5-7-17(8-6-16)15-25-20-10-9-18(12-21(20)23-2)13-22-14-19-4-3-11-24-19/h5-10,12,19,22H,3-4,11,13-15H2,1-2H3/t19-/m1/s1. The van der Waals surface area contributed by atoms with E-state index >= 15 is 0 Å². The van der Waals surface area contributed by atoms with Gasteiger partial charge < -0.3 is 19.5 Å². The molecule has 0 bridgehead atoms. The number of ether oxygens (including phenoxy) is 3. The van der Waals surface area contributed by atoms with E-state index in [0.29, 0.717) is 12.7 Å². The molecule has 2 aromatic carbocycles. The van der Waals surface area contributed by atoms with E-state index in [4.69, 9.17) is 14.2 Å². The fourth-order valence-electron chi connectivity index (χ4n) is 2.97. The Labute approximate surface area is 150 Å². The summed E-state index contributed by atoms with van der Waals surface area (Å²) in [5, 5.41) is 3.46. The van der Waals surface area contributed by atoms with Gasteiger partial charge in [-0.1, -0.05) is 35.9 Å². The molecule has 4 heteroatoms. The molecule has 1 heterocycles. The minimum Gasteiger partial charge on any atom is -0.493 e. The number of benzene rings is 2. The molecule has 0 amide bonds. The number of methoxy groups -OCH3 is 1. The average Bonchev–Trinajstić information content (AvgIpc) is 3.15. The third-order valence-corrected chi connectivity index (χ3v) is 4.47. The lowest BCUT2D eigenvalue weighted by Crippen LogP contribution is -2.25. The van der Waals surface area contributed by atoms with E-state index in [1.807, 2.05) is 12.1 Å². The molecular formula is C21H27NO3. The van der Waals surface area contributed by atoms with Gasteiger partial charge in [0.2, 0.25) is 0 Å². The highest BCUT2D eigenvalue weighted by Gasteiger charge is 2.14. The van der Waals surface area contributed by atoms with Gasteiger partial charge in [-0.15, -0.1) is 0 Å². The topological polar surface area (TPSA) is 39.7 Å². The van der Waals surface area contributed by atoms with Crippen molar-refractivity contribution in [3.8, 4) is 11.5 Å². The Morgan fingerprint density at radius 2 is 1.88 bits per heavy atom. The van der Waals surface area contributed by atoms with Crippen molar-refractivity contribution in [2.45, 2.75) is 39.0 Å². The van der Waals surface area contributed by atoms with Gasteiger partial charge in [0.1, 0.15) is 6.61 Å². The second kappa shape index (κ2) is 8.88. The minimum absolute atomic E-state index is 0.360. The van der Waals surface area contributed by atoms with Crippen molar-refractivity contribution in [3.63, 3.8) is 0 Å². The van der Waals surface area contributed by atoms with Gasteiger partial charge in [-0.25, -0.2) is 0 Å². The first-order valence-electron chi connectivity index (χ1n) is 8.92. The van der Waals surface area contributed by atoms with Gasteiger partial charge in [0.15, 0.2) is 11.5 Å². The predicted octanol–water partition coefficient (Wildman–Crippen LogP) is 3.85. The zero-order chi connectivity index (χ0) is 17.5. The van der Waals surface area contributed by atoms with Gasteiger partial charge in [0.05, 0.1) is 13.2 Å². The molecule has 1 aliphatic rings. The van der Waals surface area contributed by atoms with Crippen molar-refractivity contribution in [1.82, 2.24) is 5.32 Å². The summed E-state index contributed by atoms with van der Waals surface area (Å²) < 4.78 is 17.1. The van der Waals surface area contributed by atoms with Crippen LogP contribution < -0.4 is 14.8 Å². The molecule has 0 spiro atoms. The summed E-state index contributed by atoms with van der Waals surface area (Å²) in [6.07, 6.45) is 2.69. The van der Waals surface area contributed by atoms with E-state index in [2.05, 4.69) is 42.6 Å². The number of hydrogen-bond acceptors (Lipinski definition) is 4. The van der Waals surface area contributed by atoms with Crippen LogP contribution in [0.2, 0.25) is 0 Å². The lowest BCUT2D eigenvalue weighted by molar-refractivity contribution is 0.110. The highest BCUT2D eigenvalue weighted by molar-refractivity contribution is 5.43. The number of nitrogens with one attached hydrogen (secondary N) is 1. The van der Waals surface area contributed by atoms with E-state index in [9.17, 15) is 0 Å². The summed E-state index contributed by atoms with van der Waals surface area (Å²) in [6.45, 7) is 5.21. The molecular weight excluding hydrogens is 314 g/mol. The van der Waals surface area contributed by atoms with E-state index in [-0.39, 0.29) is 0 Å². The van der Waals surface area contributed by atoms with Crippen molar-refractivity contribution in [1.29, 1.82) is 0 Å². The zero-order valence-corrected chi connectivity index (χ0v) is 15.1. The Kier molecular flexibility index (Phi) is 6.31. The zero-order valence-electron chi connectivity index (χ0n) is 15.1. The maximum absolute atomic E-state index is 5.93. The van der Waals surface area contributed by atoms with Crippen LogP contribution in [0.25, 0.3) is 0 Å². The van der Waals surface area contributed by atoms with Gasteiger partial charge in [-0.3, -0.25) is 0 Å². The third kappa shape index (κ3) is 5.21. The summed E-state index contributed by atoms with van der Waals surface area (Å²) in [6, 6.07) is 14.5. The maximum Gasteiger partial charge on any atom is 0.161 e. The largest absolute Gasteiger partial charge is 0.493 e. The van der Waals surface area contributed by atoms with Crippen molar-refractivity contribution >= 4 is 0 Å². The van der Waals surface area contributed by atoms with E-state index in [0.717, 1.165) is 43.2 Å². The van der Waals surface area contributed by atoms with Crippen LogP contribution in [0.4, 0.5) is 0 Å². The second-order valence-electron chi connectivity index (χ2n) is 6.53. The number of aryl methyl sites for hydroxylation is 1. The highest BCUT2D eigenvalue weighted by atomic mass is 16.5. The van der Waals surface area contributed by atoms with Crippen LogP contribution in [0.5, 0.6) is 11.5 Å². The van der Waals surface area contributed by atoms with Crippen molar-refractivity contribution in [2.75, 3.05) is 20.3 Å². The second-order valence-corrected chi connectivity index (χ2v) is 6.53. The molecule has 3 rings (SSSR count). The van der Waals surface area contributed by atoms with Gasteiger partial charge >= 0.3 is 0 Å². The lowest BCUT2D eigenvalue weighted by Gasteiger charge is -2.14. The van der Waals surface area contributed by atoms with Crippen molar-refractivity contribution < 1.29 is 14.2 Å². The summed E-state index contributed by atoms with van der Waals surface area (Å²) in [5.74, 6) is 1.54. The first kappa shape index (κ1) is 17.8. The Hall–Kier alpha value is -2.04. The van der Waals surface area contributed by atoms with Crippen LogP contribution in [0.3, 0.4) is 0 Å². The van der Waals surface area contributed by atoms with Gasteiger partial charge in [-0.2, -0.15) is 0 Å². The molecule has 4 nitrogen and oxygen atoms in total. The molecule has 1 saturated heterocycles. The fraction of sp³-hybridized carbons (Fsp3) is 0.429. The Morgan fingerprint density at radius 1 is 1.08 bits per heavy atom. The number of rotatable bonds is 8. The summed E-state index contributed by atoms with van der Waals surface area (Å²) in [4.78, 5) is 0. The van der Waals surface area contributed by atoms with Gasteiger partial charge in [0.25, 0.3) is 0 Å². The van der Waals surface area contributed by atoms with Crippen LogP contribution in [-0.4, -0.2) is 26.4 Å². The Bertz CT molecular complexity index is 663. The Balaban J connectivity index is 1.54. The highest BCUT2D eigenvalue weighted by Crippen LogP contribution is 2.29. The predicted molar refractivity (Wildman–Crippen MR) is 99.2 cm³/mol. The van der Waals surface area contributed by atoms with E-state index in [1.54, 1.807) is 7.11 Å². The third-order valence-electron chi connectivity index (χ3n) is 4.47. The first-order valence-corrected chi connectivity index (χ1v) is 8.92.